The number of anilines is 2. The van der Waals surface area contributed by atoms with Crippen LogP contribution >= 0.6 is 0 Å². The summed E-state index contributed by atoms with van der Waals surface area (Å²) in [6.07, 6.45) is 4.92. The molecule has 0 heterocycles. The Labute approximate surface area is 83.4 Å². The van der Waals surface area contributed by atoms with Crippen molar-refractivity contribution in [1.82, 2.24) is 0 Å². The summed E-state index contributed by atoms with van der Waals surface area (Å²) in [6.45, 7) is 1.91. The molecule has 0 fully saturated rings. The Bertz CT molecular complexity index is 347. The van der Waals surface area contributed by atoms with E-state index in [4.69, 9.17) is 11.5 Å². The van der Waals surface area contributed by atoms with Gasteiger partial charge in [0.1, 0.15) is 6.29 Å². The SMILES string of the molecule is Cc1cc(C=CCC=O)cc(N)c1N. The standard InChI is InChI=1S/C11H14N2O/c1-8-6-9(4-2-3-5-14)7-10(12)11(8)13/h2,4-7H,3,12-13H2,1H3. The maximum absolute atomic E-state index is 10.1. The van der Waals surface area contributed by atoms with E-state index < -0.39 is 0 Å². The van der Waals surface area contributed by atoms with Crippen molar-refractivity contribution in [2.24, 2.45) is 0 Å². The molecule has 0 aliphatic heterocycles. The molecular weight excluding hydrogens is 176 g/mol. The Morgan fingerprint density at radius 2 is 2.07 bits per heavy atom. The Morgan fingerprint density at radius 3 is 2.64 bits per heavy atom. The third kappa shape index (κ3) is 2.36. The molecule has 0 atom stereocenters. The average Bonchev–Trinajstić information content (AvgIpc) is 2.14. The fraction of sp³-hybridized carbons (Fsp3) is 0.182. The number of nitrogens with two attached hydrogens (primary N) is 2. The van der Waals surface area contributed by atoms with Gasteiger partial charge in [0, 0.05) is 6.42 Å². The van der Waals surface area contributed by atoms with E-state index in [0.29, 0.717) is 17.8 Å². The Morgan fingerprint density at radius 1 is 1.36 bits per heavy atom. The maximum Gasteiger partial charge on any atom is 0.123 e. The first-order valence-corrected chi connectivity index (χ1v) is 4.41. The van der Waals surface area contributed by atoms with Crippen molar-refractivity contribution >= 4 is 23.7 Å². The minimum absolute atomic E-state index is 0.420. The van der Waals surface area contributed by atoms with E-state index in [9.17, 15) is 4.79 Å². The molecule has 1 aromatic rings. The summed E-state index contributed by atoms with van der Waals surface area (Å²) in [5, 5.41) is 0. The first kappa shape index (κ1) is 10.3. The highest BCUT2D eigenvalue weighted by atomic mass is 16.1. The second-order valence-electron chi connectivity index (χ2n) is 3.15. The Kier molecular flexibility index (Phi) is 3.29. The predicted octanol–water partition coefficient (Wildman–Crippen LogP) is 1.76. The molecule has 0 saturated carbocycles. The van der Waals surface area contributed by atoms with Gasteiger partial charge in [0.2, 0.25) is 0 Å². The second-order valence-corrected chi connectivity index (χ2v) is 3.15. The van der Waals surface area contributed by atoms with Crippen molar-refractivity contribution in [3.8, 4) is 0 Å². The molecule has 1 aromatic carbocycles. The molecule has 0 saturated heterocycles. The minimum Gasteiger partial charge on any atom is -0.397 e. The number of aldehydes is 1. The first-order valence-electron chi connectivity index (χ1n) is 4.41. The zero-order valence-electron chi connectivity index (χ0n) is 8.16. The number of carbonyl (C=O) groups is 1. The fourth-order valence-corrected chi connectivity index (χ4v) is 1.21. The van der Waals surface area contributed by atoms with Crippen molar-refractivity contribution in [2.75, 3.05) is 11.5 Å². The lowest BCUT2D eigenvalue weighted by Gasteiger charge is -2.05. The number of rotatable bonds is 3. The van der Waals surface area contributed by atoms with Crippen LogP contribution in [-0.4, -0.2) is 6.29 Å². The number of hydrogen-bond donors (Lipinski definition) is 2. The molecule has 0 aliphatic rings. The van der Waals surface area contributed by atoms with Gasteiger partial charge in [-0.05, 0) is 30.2 Å². The normalized spacial score (nSPS) is 10.6. The Balaban J connectivity index is 2.95. The van der Waals surface area contributed by atoms with Crippen LogP contribution in [0.5, 0.6) is 0 Å². The second kappa shape index (κ2) is 4.46. The molecule has 0 aliphatic carbocycles. The van der Waals surface area contributed by atoms with Gasteiger partial charge in [-0.3, -0.25) is 0 Å². The van der Waals surface area contributed by atoms with Crippen LogP contribution in [0.1, 0.15) is 17.5 Å². The third-order valence-electron chi connectivity index (χ3n) is 1.98. The van der Waals surface area contributed by atoms with E-state index >= 15 is 0 Å². The summed E-state index contributed by atoms with van der Waals surface area (Å²) in [7, 11) is 0. The van der Waals surface area contributed by atoms with Crippen molar-refractivity contribution in [3.63, 3.8) is 0 Å². The summed E-state index contributed by atoms with van der Waals surface area (Å²) < 4.78 is 0. The van der Waals surface area contributed by atoms with Gasteiger partial charge in [-0.1, -0.05) is 12.2 Å². The van der Waals surface area contributed by atoms with Gasteiger partial charge in [0.15, 0.2) is 0 Å². The molecule has 74 valence electrons. The monoisotopic (exact) mass is 190 g/mol. The number of allylic oxidation sites excluding steroid dienone is 1. The number of nitrogen functional groups attached to an aromatic ring is 2. The number of hydrogen-bond acceptors (Lipinski definition) is 3. The van der Waals surface area contributed by atoms with Gasteiger partial charge in [0.05, 0.1) is 11.4 Å². The quantitative estimate of drug-likeness (QED) is 0.563. The zero-order valence-corrected chi connectivity index (χ0v) is 8.16. The van der Waals surface area contributed by atoms with Gasteiger partial charge >= 0.3 is 0 Å². The third-order valence-corrected chi connectivity index (χ3v) is 1.98. The van der Waals surface area contributed by atoms with Crippen molar-refractivity contribution in [2.45, 2.75) is 13.3 Å². The highest BCUT2D eigenvalue weighted by molar-refractivity contribution is 5.72. The van der Waals surface area contributed by atoms with Crippen molar-refractivity contribution in [1.29, 1.82) is 0 Å². The van der Waals surface area contributed by atoms with E-state index in [1.165, 1.54) is 0 Å². The number of carbonyl (C=O) groups excluding carboxylic acids is 1. The smallest absolute Gasteiger partial charge is 0.123 e. The van der Waals surface area contributed by atoms with Gasteiger partial charge in [-0.2, -0.15) is 0 Å². The first-order chi connectivity index (χ1) is 6.65. The summed E-state index contributed by atoms with van der Waals surface area (Å²) in [4.78, 5) is 10.1. The van der Waals surface area contributed by atoms with Gasteiger partial charge in [-0.25, -0.2) is 0 Å². The van der Waals surface area contributed by atoms with Crippen molar-refractivity contribution in [3.05, 3.63) is 29.3 Å². The molecule has 1 rings (SSSR count). The molecule has 0 spiro atoms. The number of aryl methyl sites for hydroxylation is 1. The highest BCUT2D eigenvalue weighted by Crippen LogP contribution is 2.22. The van der Waals surface area contributed by atoms with E-state index in [0.717, 1.165) is 17.4 Å². The summed E-state index contributed by atoms with van der Waals surface area (Å²) in [6, 6.07) is 3.73. The van der Waals surface area contributed by atoms with Crippen LogP contribution in [0.2, 0.25) is 0 Å². The predicted molar refractivity (Wildman–Crippen MR) is 59.7 cm³/mol. The topological polar surface area (TPSA) is 69.1 Å². The van der Waals surface area contributed by atoms with Gasteiger partial charge in [-0.15, -0.1) is 0 Å². The lowest BCUT2D eigenvalue weighted by molar-refractivity contribution is -0.107. The van der Waals surface area contributed by atoms with Crippen LogP contribution in [0.3, 0.4) is 0 Å². The summed E-state index contributed by atoms with van der Waals surface area (Å²) in [5.74, 6) is 0. The van der Waals surface area contributed by atoms with Crippen LogP contribution in [0.4, 0.5) is 11.4 Å². The van der Waals surface area contributed by atoms with Crippen LogP contribution in [0, 0.1) is 6.92 Å². The maximum atomic E-state index is 10.1. The Hall–Kier alpha value is -1.77. The molecule has 0 amide bonds. The summed E-state index contributed by atoms with van der Waals surface area (Å²) in [5.41, 5.74) is 14.5. The zero-order chi connectivity index (χ0) is 10.6. The van der Waals surface area contributed by atoms with Crippen LogP contribution in [-0.2, 0) is 4.79 Å². The van der Waals surface area contributed by atoms with Crippen LogP contribution in [0.25, 0.3) is 6.08 Å². The number of benzene rings is 1. The molecule has 4 N–H and O–H groups in total. The molecule has 0 radical (unpaired) electrons. The molecule has 0 aromatic heterocycles. The van der Waals surface area contributed by atoms with Crippen molar-refractivity contribution < 1.29 is 4.79 Å². The van der Waals surface area contributed by atoms with Crippen LogP contribution < -0.4 is 11.5 Å². The van der Waals surface area contributed by atoms with Crippen LogP contribution in [0.15, 0.2) is 18.2 Å². The highest BCUT2D eigenvalue weighted by Gasteiger charge is 1.99. The molecule has 3 heteroatoms. The lowest BCUT2D eigenvalue weighted by atomic mass is 10.1. The minimum atomic E-state index is 0.420. The fourth-order valence-electron chi connectivity index (χ4n) is 1.21. The van der Waals surface area contributed by atoms with Gasteiger partial charge < -0.3 is 16.3 Å². The van der Waals surface area contributed by atoms with E-state index in [1.54, 1.807) is 12.1 Å². The lowest BCUT2D eigenvalue weighted by Crippen LogP contribution is -1.97. The molecule has 0 unspecified atom stereocenters. The van der Waals surface area contributed by atoms with Gasteiger partial charge in [0.25, 0.3) is 0 Å². The molecule has 14 heavy (non-hydrogen) atoms. The largest absolute Gasteiger partial charge is 0.397 e. The van der Waals surface area contributed by atoms with E-state index in [-0.39, 0.29) is 0 Å². The summed E-state index contributed by atoms with van der Waals surface area (Å²) >= 11 is 0. The molecule has 3 nitrogen and oxygen atoms in total. The average molecular weight is 190 g/mol. The molecular formula is C11H14N2O. The van der Waals surface area contributed by atoms with E-state index in [1.807, 2.05) is 19.1 Å². The molecule has 0 bridgehead atoms. The van der Waals surface area contributed by atoms with E-state index in [2.05, 4.69) is 0 Å².